The molecule has 1 N–H and O–H groups in total. The molecule has 0 aromatic heterocycles. The Balaban J connectivity index is 1.66. The van der Waals surface area contributed by atoms with Gasteiger partial charge in [0.2, 0.25) is 5.91 Å². The van der Waals surface area contributed by atoms with Crippen molar-refractivity contribution in [2.75, 3.05) is 14.2 Å². The molecule has 0 radical (unpaired) electrons. The maximum atomic E-state index is 13.0. The van der Waals surface area contributed by atoms with Crippen LogP contribution in [0.1, 0.15) is 51.4 Å². The van der Waals surface area contributed by atoms with Crippen LogP contribution < -0.4 is 5.32 Å². The Morgan fingerprint density at radius 2 is 1.54 bits per heavy atom. The molecular weight excluding hydrogens is 310 g/mol. The number of rotatable bonds is 6. The average molecular weight is 337 g/mol. The summed E-state index contributed by atoms with van der Waals surface area (Å²) in [6.07, 6.45) is 6.88. The first-order chi connectivity index (χ1) is 11.5. The lowest BCUT2D eigenvalue weighted by Crippen LogP contribution is -2.56. The van der Waals surface area contributed by atoms with Gasteiger partial charge in [-0.05, 0) is 62.7 Å². The highest BCUT2D eigenvalue weighted by atomic mass is 16.5. The molecule has 4 rings (SSSR count). The standard InChI is InChI=1S/C18H27NO5/c1-23-15(20)4-3-14(16(21)24-2)19-17(22)18-8-11-5-12(9-18)7-13(6-11)10-18/h11-14H,3-10H2,1-2H3,(H,19,22)/t11?,12?,13?,14-,18?/m0/s1. The van der Waals surface area contributed by atoms with Crippen LogP contribution in [0.25, 0.3) is 0 Å². The number of hydrogen-bond acceptors (Lipinski definition) is 5. The van der Waals surface area contributed by atoms with E-state index in [9.17, 15) is 14.4 Å². The minimum Gasteiger partial charge on any atom is -0.469 e. The lowest BCUT2D eigenvalue weighted by molar-refractivity contribution is -0.153. The second kappa shape index (κ2) is 6.73. The summed E-state index contributed by atoms with van der Waals surface area (Å²) in [5.74, 6) is 1.06. The zero-order valence-electron chi connectivity index (χ0n) is 14.5. The van der Waals surface area contributed by atoms with Crippen LogP contribution in [0.3, 0.4) is 0 Å². The molecule has 0 aliphatic heterocycles. The van der Waals surface area contributed by atoms with Crippen molar-refractivity contribution in [1.82, 2.24) is 5.32 Å². The van der Waals surface area contributed by atoms with Gasteiger partial charge in [-0.2, -0.15) is 0 Å². The molecule has 1 atom stereocenters. The van der Waals surface area contributed by atoms with Crippen molar-refractivity contribution in [3.8, 4) is 0 Å². The predicted octanol–water partition coefficient (Wildman–Crippen LogP) is 1.81. The van der Waals surface area contributed by atoms with Crippen LogP contribution in [-0.4, -0.2) is 38.1 Å². The predicted molar refractivity (Wildman–Crippen MR) is 85.8 cm³/mol. The Kier molecular flexibility index (Phi) is 4.83. The third-order valence-corrected chi connectivity index (χ3v) is 6.18. The van der Waals surface area contributed by atoms with E-state index >= 15 is 0 Å². The average Bonchev–Trinajstić information content (AvgIpc) is 2.56. The van der Waals surface area contributed by atoms with Crippen LogP contribution in [0.4, 0.5) is 0 Å². The number of amides is 1. The molecule has 1 amide bonds. The van der Waals surface area contributed by atoms with Gasteiger partial charge in [-0.25, -0.2) is 4.79 Å². The van der Waals surface area contributed by atoms with E-state index in [1.54, 1.807) is 0 Å². The van der Waals surface area contributed by atoms with Gasteiger partial charge in [0.15, 0.2) is 0 Å². The number of carbonyl (C=O) groups is 3. The Hall–Kier alpha value is -1.59. The maximum absolute atomic E-state index is 13.0. The summed E-state index contributed by atoms with van der Waals surface area (Å²) >= 11 is 0. The number of hydrogen-bond donors (Lipinski definition) is 1. The zero-order valence-corrected chi connectivity index (χ0v) is 14.5. The third kappa shape index (κ3) is 3.28. The van der Waals surface area contributed by atoms with E-state index in [4.69, 9.17) is 4.74 Å². The van der Waals surface area contributed by atoms with Crippen molar-refractivity contribution in [1.29, 1.82) is 0 Å². The number of esters is 2. The van der Waals surface area contributed by atoms with Gasteiger partial charge in [-0.1, -0.05) is 0 Å². The molecule has 4 bridgehead atoms. The molecule has 4 fully saturated rings. The van der Waals surface area contributed by atoms with Crippen LogP contribution >= 0.6 is 0 Å². The molecule has 0 aromatic rings. The van der Waals surface area contributed by atoms with Crippen molar-refractivity contribution < 1.29 is 23.9 Å². The minimum atomic E-state index is -0.783. The van der Waals surface area contributed by atoms with Crippen molar-refractivity contribution in [3.05, 3.63) is 0 Å². The van der Waals surface area contributed by atoms with Gasteiger partial charge in [-0.15, -0.1) is 0 Å². The molecule has 0 heterocycles. The second-order valence-electron chi connectivity index (χ2n) is 7.86. The van der Waals surface area contributed by atoms with E-state index < -0.39 is 18.0 Å². The number of ether oxygens (including phenoxy) is 2. The van der Waals surface area contributed by atoms with Crippen molar-refractivity contribution in [3.63, 3.8) is 0 Å². The fourth-order valence-electron chi connectivity index (χ4n) is 5.46. The maximum Gasteiger partial charge on any atom is 0.328 e. The van der Waals surface area contributed by atoms with Crippen molar-refractivity contribution >= 4 is 17.8 Å². The number of carbonyl (C=O) groups excluding carboxylic acids is 3. The SMILES string of the molecule is COC(=O)CC[C@H](NC(=O)C12CC3CC(CC(C3)C1)C2)C(=O)OC. The molecule has 6 nitrogen and oxygen atoms in total. The van der Waals surface area contributed by atoms with E-state index in [1.807, 2.05) is 0 Å². The third-order valence-electron chi connectivity index (χ3n) is 6.18. The van der Waals surface area contributed by atoms with Gasteiger partial charge in [0, 0.05) is 11.8 Å². The summed E-state index contributed by atoms with van der Waals surface area (Å²) in [6.45, 7) is 0. The van der Waals surface area contributed by atoms with Crippen molar-refractivity contribution in [2.24, 2.45) is 23.2 Å². The van der Waals surface area contributed by atoms with Gasteiger partial charge in [0.1, 0.15) is 6.04 Å². The number of nitrogens with one attached hydrogen (secondary N) is 1. The quantitative estimate of drug-likeness (QED) is 0.748. The Morgan fingerprint density at radius 3 is 2.00 bits per heavy atom. The smallest absolute Gasteiger partial charge is 0.328 e. The molecule has 0 saturated heterocycles. The minimum absolute atomic E-state index is 0.0261. The highest BCUT2D eigenvalue weighted by molar-refractivity contribution is 5.88. The summed E-state index contributed by atoms with van der Waals surface area (Å²) in [5.41, 5.74) is -0.313. The Bertz CT molecular complexity index is 494. The second-order valence-corrected chi connectivity index (χ2v) is 7.86. The molecule has 0 unspecified atom stereocenters. The lowest BCUT2D eigenvalue weighted by Gasteiger charge is -2.55. The molecular formula is C18H27NO5. The molecule has 0 spiro atoms. The van der Waals surface area contributed by atoms with Gasteiger partial charge >= 0.3 is 11.9 Å². The zero-order chi connectivity index (χ0) is 17.3. The molecule has 24 heavy (non-hydrogen) atoms. The molecule has 4 saturated carbocycles. The van der Waals surface area contributed by atoms with Gasteiger partial charge in [0.05, 0.1) is 14.2 Å². The summed E-state index contributed by atoms with van der Waals surface area (Å²) in [7, 11) is 2.61. The van der Waals surface area contributed by atoms with E-state index in [0.29, 0.717) is 17.8 Å². The van der Waals surface area contributed by atoms with Crippen LogP contribution in [-0.2, 0) is 23.9 Å². The monoisotopic (exact) mass is 337 g/mol. The first kappa shape index (κ1) is 17.2. The summed E-state index contributed by atoms with van der Waals surface area (Å²) in [5, 5.41) is 2.88. The van der Waals surface area contributed by atoms with E-state index in [0.717, 1.165) is 19.3 Å². The topological polar surface area (TPSA) is 81.7 Å². The van der Waals surface area contributed by atoms with Gasteiger partial charge < -0.3 is 14.8 Å². The van der Waals surface area contributed by atoms with Gasteiger partial charge in [0.25, 0.3) is 0 Å². The molecule has 134 valence electrons. The normalized spacial score (nSPS) is 34.5. The summed E-state index contributed by atoms with van der Waals surface area (Å²) < 4.78 is 9.41. The largest absolute Gasteiger partial charge is 0.469 e. The fourth-order valence-corrected chi connectivity index (χ4v) is 5.46. The molecule has 4 aliphatic carbocycles. The van der Waals surface area contributed by atoms with Crippen LogP contribution in [0.2, 0.25) is 0 Å². The highest BCUT2D eigenvalue weighted by Crippen LogP contribution is 2.60. The first-order valence-electron chi connectivity index (χ1n) is 8.91. The Morgan fingerprint density at radius 1 is 1.00 bits per heavy atom. The molecule has 4 aliphatic rings. The van der Waals surface area contributed by atoms with E-state index in [1.165, 1.54) is 33.5 Å². The lowest BCUT2D eigenvalue weighted by atomic mass is 9.49. The fraction of sp³-hybridized carbons (Fsp3) is 0.833. The highest BCUT2D eigenvalue weighted by Gasteiger charge is 2.54. The summed E-state index contributed by atoms with van der Waals surface area (Å²) in [4.78, 5) is 36.3. The first-order valence-corrected chi connectivity index (χ1v) is 8.91. The van der Waals surface area contributed by atoms with E-state index in [2.05, 4.69) is 10.1 Å². The van der Waals surface area contributed by atoms with Crippen molar-refractivity contribution in [2.45, 2.75) is 57.4 Å². The number of methoxy groups -OCH3 is 2. The molecule has 0 aromatic carbocycles. The molecule has 6 heteroatoms. The van der Waals surface area contributed by atoms with E-state index in [-0.39, 0.29) is 24.2 Å². The van der Waals surface area contributed by atoms with Crippen LogP contribution in [0.5, 0.6) is 0 Å². The van der Waals surface area contributed by atoms with Gasteiger partial charge in [-0.3, -0.25) is 9.59 Å². The summed E-state index contributed by atoms with van der Waals surface area (Å²) in [6, 6.07) is -0.783. The van der Waals surface area contributed by atoms with Crippen LogP contribution in [0, 0.1) is 23.2 Å². The van der Waals surface area contributed by atoms with Crippen LogP contribution in [0.15, 0.2) is 0 Å². The Labute approximate surface area is 142 Å².